The number of hydrogen-bond acceptors (Lipinski definition) is 4. The molecule has 0 aliphatic carbocycles. The van der Waals surface area contributed by atoms with Crippen LogP contribution in [-0.2, 0) is 16.8 Å². The minimum Gasteiger partial charge on any atom is -0.497 e. The molecular formula is C23H28ClF3N2O3. The van der Waals surface area contributed by atoms with Crippen molar-refractivity contribution in [3.05, 3.63) is 65.0 Å². The molecule has 0 unspecified atom stereocenters. The summed E-state index contributed by atoms with van der Waals surface area (Å²) in [6.07, 6.45) is -0.0972. The topological polar surface area (TPSA) is 53.0 Å². The van der Waals surface area contributed by atoms with Crippen molar-refractivity contribution in [1.82, 2.24) is 9.80 Å². The van der Waals surface area contributed by atoms with Gasteiger partial charge in [0.2, 0.25) is 5.91 Å². The van der Waals surface area contributed by atoms with Crippen molar-refractivity contribution >= 4 is 18.3 Å². The van der Waals surface area contributed by atoms with Gasteiger partial charge in [-0.3, -0.25) is 4.79 Å². The van der Waals surface area contributed by atoms with E-state index in [0.29, 0.717) is 23.9 Å². The molecule has 9 heteroatoms. The van der Waals surface area contributed by atoms with Gasteiger partial charge in [0.15, 0.2) is 11.6 Å². The van der Waals surface area contributed by atoms with Crippen molar-refractivity contribution in [2.45, 2.75) is 18.4 Å². The van der Waals surface area contributed by atoms with Crippen LogP contribution in [0.3, 0.4) is 0 Å². The summed E-state index contributed by atoms with van der Waals surface area (Å²) in [5.74, 6) is -3.53. The number of benzene rings is 2. The summed E-state index contributed by atoms with van der Waals surface area (Å²) in [5, 5.41) is 11.6. The van der Waals surface area contributed by atoms with Crippen molar-refractivity contribution in [2.24, 2.45) is 5.92 Å². The van der Waals surface area contributed by atoms with Crippen molar-refractivity contribution in [2.75, 3.05) is 40.8 Å². The van der Waals surface area contributed by atoms with E-state index in [4.69, 9.17) is 4.74 Å². The number of piperidine rings is 1. The molecule has 0 bridgehead atoms. The Balaban J connectivity index is 0.00000363. The molecular weight excluding hydrogens is 445 g/mol. The average Bonchev–Trinajstić information content (AvgIpc) is 2.73. The summed E-state index contributed by atoms with van der Waals surface area (Å²) in [6.45, 7) is 1.01. The molecule has 0 aromatic heterocycles. The van der Waals surface area contributed by atoms with Gasteiger partial charge >= 0.3 is 0 Å². The van der Waals surface area contributed by atoms with Crippen LogP contribution in [0, 0.1) is 23.4 Å². The summed E-state index contributed by atoms with van der Waals surface area (Å²) in [7, 11) is 5.31. The third-order valence-corrected chi connectivity index (χ3v) is 5.82. The Morgan fingerprint density at radius 1 is 1.19 bits per heavy atom. The molecule has 32 heavy (non-hydrogen) atoms. The van der Waals surface area contributed by atoms with Crippen molar-refractivity contribution in [3.63, 3.8) is 0 Å². The van der Waals surface area contributed by atoms with Crippen molar-refractivity contribution in [1.29, 1.82) is 0 Å². The first-order valence-corrected chi connectivity index (χ1v) is 10.1. The van der Waals surface area contributed by atoms with E-state index in [9.17, 15) is 23.1 Å². The highest BCUT2D eigenvalue weighted by Crippen LogP contribution is 2.39. The first kappa shape index (κ1) is 26.0. The van der Waals surface area contributed by atoms with E-state index < -0.39 is 29.0 Å². The van der Waals surface area contributed by atoms with Gasteiger partial charge in [0.1, 0.15) is 11.6 Å². The van der Waals surface area contributed by atoms with E-state index in [2.05, 4.69) is 0 Å². The number of halogens is 4. The monoisotopic (exact) mass is 472 g/mol. The number of nitrogens with zero attached hydrogens (tertiary/aromatic N) is 2. The number of carbonyl (C=O) groups is 1. The number of carbonyl (C=O) groups excluding carboxylic acids is 1. The third-order valence-electron chi connectivity index (χ3n) is 5.82. The largest absolute Gasteiger partial charge is 0.497 e. The van der Waals surface area contributed by atoms with E-state index in [1.807, 2.05) is 31.1 Å². The lowest BCUT2D eigenvalue weighted by Crippen LogP contribution is -2.54. The van der Waals surface area contributed by atoms with Gasteiger partial charge in [-0.2, -0.15) is 0 Å². The fraction of sp³-hybridized carbons (Fsp3) is 0.435. The molecule has 1 aliphatic heterocycles. The number of aliphatic hydroxyl groups is 1. The average molecular weight is 473 g/mol. The van der Waals surface area contributed by atoms with Gasteiger partial charge < -0.3 is 19.6 Å². The number of hydrogen-bond donors (Lipinski definition) is 1. The Morgan fingerprint density at radius 2 is 1.88 bits per heavy atom. The minimum atomic E-state index is -1.29. The third kappa shape index (κ3) is 5.54. The molecule has 0 radical (unpaired) electrons. The molecule has 1 aliphatic rings. The molecule has 1 heterocycles. The molecule has 3 rings (SSSR count). The van der Waals surface area contributed by atoms with Crippen LogP contribution >= 0.6 is 12.4 Å². The summed E-state index contributed by atoms with van der Waals surface area (Å²) in [4.78, 5) is 16.3. The maximum Gasteiger partial charge on any atom is 0.227 e. The van der Waals surface area contributed by atoms with Gasteiger partial charge in [0.25, 0.3) is 0 Å². The fourth-order valence-electron chi connectivity index (χ4n) is 4.14. The smallest absolute Gasteiger partial charge is 0.227 e. The number of ether oxygens (including phenoxy) is 1. The molecule has 0 spiro atoms. The van der Waals surface area contributed by atoms with E-state index >= 15 is 0 Å². The first-order chi connectivity index (χ1) is 14.6. The zero-order valence-corrected chi connectivity index (χ0v) is 19.1. The molecule has 1 amide bonds. The summed E-state index contributed by atoms with van der Waals surface area (Å²) in [6, 6.07) is 8.39. The number of amides is 1. The molecule has 0 saturated carbocycles. The van der Waals surface area contributed by atoms with Gasteiger partial charge in [-0.15, -0.1) is 12.4 Å². The quantitative estimate of drug-likeness (QED) is 0.655. The Bertz CT molecular complexity index is 960. The standard InChI is InChI=1S/C23H27F3N2O3.ClH/c1-27(2)13-17-14-28(22(29)10-15-9-20(25)21(26)12-19(15)24)8-7-23(17,30)16-5-4-6-18(11-16)31-3;/h4-6,9,11-12,17,30H,7-8,10,13-14H2,1-3H3;1H/t17-,23-;/m0./s1. The van der Waals surface area contributed by atoms with Crippen LogP contribution < -0.4 is 4.74 Å². The van der Waals surface area contributed by atoms with E-state index in [-0.39, 0.29) is 49.8 Å². The lowest BCUT2D eigenvalue weighted by Gasteiger charge is -2.46. The van der Waals surface area contributed by atoms with E-state index in [0.717, 1.165) is 6.07 Å². The zero-order valence-electron chi connectivity index (χ0n) is 18.3. The van der Waals surface area contributed by atoms with Crippen LogP contribution in [0.25, 0.3) is 0 Å². The van der Waals surface area contributed by atoms with Crippen LogP contribution in [0.5, 0.6) is 5.75 Å². The fourth-order valence-corrected chi connectivity index (χ4v) is 4.14. The predicted octanol–water partition coefficient (Wildman–Crippen LogP) is 3.37. The zero-order chi connectivity index (χ0) is 22.8. The highest BCUT2D eigenvalue weighted by molar-refractivity contribution is 5.85. The van der Waals surface area contributed by atoms with Crippen molar-refractivity contribution in [3.8, 4) is 5.75 Å². The Kier molecular flexibility index (Phi) is 8.56. The molecule has 2 aromatic rings. The van der Waals surface area contributed by atoms with Gasteiger partial charge in [-0.05, 0) is 44.3 Å². The molecule has 2 atom stereocenters. The summed E-state index contributed by atoms with van der Waals surface area (Å²) < 4.78 is 45.9. The lowest BCUT2D eigenvalue weighted by molar-refractivity contribution is -0.141. The maximum atomic E-state index is 14.0. The van der Waals surface area contributed by atoms with E-state index in [1.54, 1.807) is 24.1 Å². The van der Waals surface area contributed by atoms with Crippen LogP contribution in [0.2, 0.25) is 0 Å². The second-order valence-corrected chi connectivity index (χ2v) is 8.24. The molecule has 1 saturated heterocycles. The van der Waals surface area contributed by atoms with Crippen molar-refractivity contribution < 1.29 is 27.8 Å². The van der Waals surface area contributed by atoms with Gasteiger partial charge in [0.05, 0.1) is 19.1 Å². The molecule has 1 fully saturated rings. The number of rotatable bonds is 6. The van der Waals surface area contributed by atoms with Gasteiger partial charge in [-0.1, -0.05) is 12.1 Å². The minimum absolute atomic E-state index is 0. The highest BCUT2D eigenvalue weighted by atomic mass is 35.5. The SMILES string of the molecule is COc1cccc([C@@]2(O)CCN(C(=O)Cc3cc(F)c(F)cc3F)C[C@@H]2CN(C)C)c1.Cl. The van der Waals surface area contributed by atoms with Crippen LogP contribution in [0.15, 0.2) is 36.4 Å². The van der Waals surface area contributed by atoms with Crippen LogP contribution in [0.1, 0.15) is 17.5 Å². The molecule has 1 N–H and O–H groups in total. The molecule has 5 nitrogen and oxygen atoms in total. The number of methoxy groups -OCH3 is 1. The summed E-state index contributed by atoms with van der Waals surface area (Å²) >= 11 is 0. The molecule has 176 valence electrons. The predicted molar refractivity (Wildman–Crippen MR) is 117 cm³/mol. The number of likely N-dealkylation sites (tertiary alicyclic amines) is 1. The van der Waals surface area contributed by atoms with Gasteiger partial charge in [-0.25, -0.2) is 13.2 Å². The Labute approximate surface area is 192 Å². The Hall–Kier alpha value is -2.29. The summed E-state index contributed by atoms with van der Waals surface area (Å²) in [5.41, 5.74) is -0.665. The van der Waals surface area contributed by atoms with Gasteiger partial charge in [0, 0.05) is 37.2 Å². The van der Waals surface area contributed by atoms with Crippen LogP contribution in [-0.4, -0.2) is 61.7 Å². The van der Waals surface area contributed by atoms with Crippen LogP contribution in [0.4, 0.5) is 13.2 Å². The molecule has 2 aromatic carbocycles. The maximum absolute atomic E-state index is 14.0. The second kappa shape index (κ2) is 10.6. The van der Waals surface area contributed by atoms with E-state index in [1.165, 1.54) is 0 Å². The lowest BCUT2D eigenvalue weighted by atomic mass is 9.75. The first-order valence-electron chi connectivity index (χ1n) is 10.1. The highest BCUT2D eigenvalue weighted by Gasteiger charge is 2.44. The normalized spacial score (nSPS) is 20.8. The second-order valence-electron chi connectivity index (χ2n) is 8.24. The Morgan fingerprint density at radius 3 is 2.53 bits per heavy atom.